The first-order valence-electron chi connectivity index (χ1n) is 9.25. The van der Waals surface area contributed by atoms with Crippen molar-refractivity contribution in [3.8, 4) is 5.69 Å². The molecule has 0 saturated heterocycles. The lowest BCUT2D eigenvalue weighted by atomic mass is 10.2. The Morgan fingerprint density at radius 2 is 1.52 bits per heavy atom. The third-order valence-corrected chi connectivity index (χ3v) is 5.87. The smallest absolute Gasteiger partial charge is 0.261 e. The molecule has 0 aliphatic carbocycles. The van der Waals surface area contributed by atoms with Gasteiger partial charge in [-0.3, -0.25) is 9.52 Å². The van der Waals surface area contributed by atoms with Crippen molar-refractivity contribution >= 4 is 27.3 Å². The van der Waals surface area contributed by atoms with Crippen molar-refractivity contribution in [1.29, 1.82) is 0 Å². The summed E-state index contributed by atoms with van der Waals surface area (Å²) in [6, 6.07) is 19.8. The molecule has 10 heteroatoms. The number of aromatic nitrogens is 4. The summed E-state index contributed by atoms with van der Waals surface area (Å²) < 4.78 is 29.0. The summed E-state index contributed by atoms with van der Waals surface area (Å²) in [4.78, 5) is 12.6. The fourth-order valence-corrected chi connectivity index (χ4v) is 3.86. The van der Waals surface area contributed by atoms with E-state index in [9.17, 15) is 13.2 Å². The number of hydrogen-bond acceptors (Lipinski definition) is 6. The van der Waals surface area contributed by atoms with Gasteiger partial charge in [-0.25, -0.2) is 13.1 Å². The van der Waals surface area contributed by atoms with Gasteiger partial charge in [-0.2, -0.15) is 0 Å². The molecule has 0 aliphatic heterocycles. The molecule has 3 aromatic carbocycles. The fourth-order valence-electron chi connectivity index (χ4n) is 2.80. The van der Waals surface area contributed by atoms with E-state index in [4.69, 9.17) is 0 Å². The van der Waals surface area contributed by atoms with E-state index in [-0.39, 0.29) is 10.8 Å². The van der Waals surface area contributed by atoms with Gasteiger partial charge in [0.1, 0.15) is 6.33 Å². The number of benzene rings is 3. The molecule has 0 spiro atoms. The SMILES string of the molecule is Cc1ccc(S(=O)(=O)Nc2ccc(NC(=O)c3ccc(-n4cnnn4)cc3)cc2)cc1. The van der Waals surface area contributed by atoms with Gasteiger partial charge in [0.15, 0.2) is 0 Å². The summed E-state index contributed by atoms with van der Waals surface area (Å²) in [6.07, 6.45) is 1.46. The molecule has 4 rings (SSSR count). The van der Waals surface area contributed by atoms with E-state index in [1.807, 2.05) is 6.92 Å². The lowest BCUT2D eigenvalue weighted by Gasteiger charge is -2.10. The van der Waals surface area contributed by atoms with Crippen molar-refractivity contribution < 1.29 is 13.2 Å². The fraction of sp³-hybridized carbons (Fsp3) is 0.0476. The van der Waals surface area contributed by atoms with Gasteiger partial charge in [0, 0.05) is 16.9 Å². The maximum Gasteiger partial charge on any atom is 0.261 e. The highest BCUT2D eigenvalue weighted by Gasteiger charge is 2.14. The molecule has 2 N–H and O–H groups in total. The van der Waals surface area contributed by atoms with Crippen molar-refractivity contribution in [2.75, 3.05) is 10.0 Å². The third kappa shape index (κ3) is 4.75. The van der Waals surface area contributed by atoms with Crippen LogP contribution >= 0.6 is 0 Å². The predicted molar refractivity (Wildman–Crippen MR) is 116 cm³/mol. The predicted octanol–water partition coefficient (Wildman–Crippen LogP) is 3.02. The Hall–Kier alpha value is -4.05. The molecular formula is C21H18N6O3S. The van der Waals surface area contributed by atoms with Crippen molar-refractivity contribution in [3.05, 3.63) is 90.3 Å². The van der Waals surface area contributed by atoms with Crippen LogP contribution in [0, 0.1) is 6.92 Å². The molecule has 1 heterocycles. The molecule has 0 radical (unpaired) electrons. The molecule has 0 bridgehead atoms. The quantitative estimate of drug-likeness (QED) is 0.481. The van der Waals surface area contributed by atoms with Crippen LogP contribution in [0.15, 0.2) is 84.0 Å². The lowest BCUT2D eigenvalue weighted by molar-refractivity contribution is 0.102. The molecule has 0 unspecified atom stereocenters. The van der Waals surface area contributed by atoms with Crippen LogP contribution in [0.1, 0.15) is 15.9 Å². The van der Waals surface area contributed by atoms with E-state index in [2.05, 4.69) is 25.6 Å². The van der Waals surface area contributed by atoms with E-state index in [0.29, 0.717) is 16.9 Å². The maximum absolute atomic E-state index is 12.5. The molecule has 9 nitrogen and oxygen atoms in total. The summed E-state index contributed by atoms with van der Waals surface area (Å²) >= 11 is 0. The van der Waals surface area contributed by atoms with E-state index >= 15 is 0 Å². The van der Waals surface area contributed by atoms with Gasteiger partial charge in [-0.05, 0) is 78.0 Å². The van der Waals surface area contributed by atoms with Gasteiger partial charge in [0.2, 0.25) is 0 Å². The second-order valence-electron chi connectivity index (χ2n) is 6.75. The molecule has 1 amide bonds. The number of amides is 1. The van der Waals surface area contributed by atoms with Crippen LogP contribution in [0.25, 0.3) is 5.69 Å². The van der Waals surface area contributed by atoms with Crippen molar-refractivity contribution in [2.24, 2.45) is 0 Å². The van der Waals surface area contributed by atoms with Gasteiger partial charge >= 0.3 is 0 Å². The number of nitrogens with one attached hydrogen (secondary N) is 2. The zero-order valence-electron chi connectivity index (χ0n) is 16.4. The lowest BCUT2D eigenvalue weighted by Crippen LogP contribution is -2.14. The third-order valence-electron chi connectivity index (χ3n) is 4.47. The molecule has 0 fully saturated rings. The largest absolute Gasteiger partial charge is 0.322 e. The Labute approximate surface area is 178 Å². The highest BCUT2D eigenvalue weighted by Crippen LogP contribution is 2.19. The molecular weight excluding hydrogens is 416 g/mol. The number of anilines is 2. The first-order chi connectivity index (χ1) is 14.9. The second-order valence-corrected chi connectivity index (χ2v) is 8.43. The van der Waals surface area contributed by atoms with Gasteiger partial charge in [0.05, 0.1) is 10.6 Å². The van der Waals surface area contributed by atoms with Crippen molar-refractivity contribution in [3.63, 3.8) is 0 Å². The summed E-state index contributed by atoms with van der Waals surface area (Å²) in [6.45, 7) is 1.89. The minimum atomic E-state index is -3.69. The summed E-state index contributed by atoms with van der Waals surface area (Å²) in [5.74, 6) is -0.295. The van der Waals surface area contributed by atoms with Crippen LogP contribution in [0.3, 0.4) is 0 Å². The number of rotatable bonds is 6. The molecule has 0 saturated carbocycles. The van der Waals surface area contributed by atoms with Gasteiger partial charge in [-0.15, -0.1) is 5.10 Å². The number of tetrazole rings is 1. The van der Waals surface area contributed by atoms with Gasteiger partial charge in [0.25, 0.3) is 15.9 Å². The highest BCUT2D eigenvalue weighted by atomic mass is 32.2. The van der Waals surface area contributed by atoms with Crippen LogP contribution in [-0.2, 0) is 10.0 Å². The summed E-state index contributed by atoms with van der Waals surface area (Å²) in [5.41, 5.74) is 3.09. The van der Waals surface area contributed by atoms with Crippen LogP contribution in [0.5, 0.6) is 0 Å². The number of carbonyl (C=O) groups is 1. The maximum atomic E-state index is 12.5. The average molecular weight is 434 g/mol. The number of nitrogens with zero attached hydrogens (tertiary/aromatic N) is 4. The molecule has 0 aliphatic rings. The van der Waals surface area contributed by atoms with E-state index in [1.165, 1.54) is 11.0 Å². The molecule has 1 aromatic heterocycles. The first-order valence-corrected chi connectivity index (χ1v) is 10.7. The Morgan fingerprint density at radius 1 is 0.871 bits per heavy atom. The van der Waals surface area contributed by atoms with E-state index in [0.717, 1.165) is 11.3 Å². The Morgan fingerprint density at radius 3 is 2.13 bits per heavy atom. The van der Waals surface area contributed by atoms with Crippen LogP contribution in [0.4, 0.5) is 11.4 Å². The van der Waals surface area contributed by atoms with Gasteiger partial charge < -0.3 is 5.32 Å². The average Bonchev–Trinajstić information content (AvgIpc) is 3.30. The second kappa shape index (κ2) is 8.36. The number of carbonyl (C=O) groups excluding carboxylic acids is 1. The topological polar surface area (TPSA) is 119 Å². The number of sulfonamides is 1. The molecule has 31 heavy (non-hydrogen) atoms. The van der Waals surface area contributed by atoms with Crippen LogP contribution in [-0.4, -0.2) is 34.5 Å². The first kappa shape index (κ1) is 20.2. The van der Waals surface area contributed by atoms with Crippen LogP contribution < -0.4 is 10.0 Å². The standard InChI is InChI=1S/C21H18N6O3S/c1-15-2-12-20(13-3-15)31(29,30)24-18-8-6-17(7-9-18)23-21(28)16-4-10-19(11-5-16)27-14-22-25-26-27/h2-14,24H,1H3,(H,23,28). The van der Waals surface area contributed by atoms with Gasteiger partial charge in [-0.1, -0.05) is 17.7 Å². The number of hydrogen-bond donors (Lipinski definition) is 2. The number of aryl methyl sites for hydroxylation is 1. The molecule has 4 aromatic rings. The Balaban J connectivity index is 1.41. The van der Waals surface area contributed by atoms with Crippen LogP contribution in [0.2, 0.25) is 0 Å². The van der Waals surface area contributed by atoms with E-state index in [1.54, 1.807) is 72.8 Å². The zero-order valence-corrected chi connectivity index (χ0v) is 17.2. The highest BCUT2D eigenvalue weighted by molar-refractivity contribution is 7.92. The monoisotopic (exact) mass is 434 g/mol. The normalized spacial score (nSPS) is 11.1. The minimum Gasteiger partial charge on any atom is -0.322 e. The minimum absolute atomic E-state index is 0.181. The Kier molecular flexibility index (Phi) is 5.46. The Bertz CT molecular complexity index is 1290. The molecule has 0 atom stereocenters. The summed E-state index contributed by atoms with van der Waals surface area (Å²) in [5, 5.41) is 13.7. The summed E-state index contributed by atoms with van der Waals surface area (Å²) in [7, 11) is -3.69. The zero-order chi connectivity index (χ0) is 21.8. The van der Waals surface area contributed by atoms with E-state index < -0.39 is 10.0 Å². The van der Waals surface area contributed by atoms with Crippen molar-refractivity contribution in [1.82, 2.24) is 20.2 Å². The van der Waals surface area contributed by atoms with Crippen molar-refractivity contribution in [2.45, 2.75) is 11.8 Å². The molecule has 156 valence electrons.